The van der Waals surface area contributed by atoms with Crippen LogP contribution < -0.4 is 5.32 Å². The van der Waals surface area contributed by atoms with Crippen molar-refractivity contribution in [3.8, 4) is 11.5 Å². The fourth-order valence-electron chi connectivity index (χ4n) is 1.54. The van der Waals surface area contributed by atoms with Crippen LogP contribution in [0.25, 0.3) is 11.5 Å². The van der Waals surface area contributed by atoms with E-state index in [-0.39, 0.29) is 0 Å². The van der Waals surface area contributed by atoms with E-state index in [0.717, 1.165) is 24.1 Å². The maximum atomic E-state index is 6.05. The summed E-state index contributed by atoms with van der Waals surface area (Å²) in [6.45, 7) is 2.77. The quantitative estimate of drug-likeness (QED) is 0.907. The van der Waals surface area contributed by atoms with Crippen molar-refractivity contribution in [1.29, 1.82) is 0 Å². The van der Waals surface area contributed by atoms with Crippen molar-refractivity contribution in [2.24, 2.45) is 0 Å². The van der Waals surface area contributed by atoms with E-state index in [0.29, 0.717) is 16.7 Å². The molecule has 17 heavy (non-hydrogen) atoms. The highest BCUT2D eigenvalue weighted by Gasteiger charge is 2.12. The van der Waals surface area contributed by atoms with E-state index in [2.05, 4.69) is 15.5 Å². The molecule has 5 heteroatoms. The van der Waals surface area contributed by atoms with Gasteiger partial charge in [0.25, 0.3) is 5.89 Å². The minimum Gasteiger partial charge on any atom is -0.334 e. The SMILES string of the molecule is CNCCc1noc(-c2cccc(Cl)c2C)n1. The van der Waals surface area contributed by atoms with E-state index < -0.39 is 0 Å². The lowest BCUT2D eigenvalue weighted by Gasteiger charge is -2.01. The van der Waals surface area contributed by atoms with Crippen LogP contribution in [0.3, 0.4) is 0 Å². The fourth-order valence-corrected chi connectivity index (χ4v) is 1.72. The van der Waals surface area contributed by atoms with Crippen LogP contribution in [0.15, 0.2) is 22.7 Å². The predicted octanol–water partition coefficient (Wildman–Crippen LogP) is 2.46. The van der Waals surface area contributed by atoms with Gasteiger partial charge >= 0.3 is 0 Å². The zero-order valence-electron chi connectivity index (χ0n) is 9.83. The second-order valence-corrected chi connectivity index (χ2v) is 4.19. The molecule has 2 rings (SSSR count). The van der Waals surface area contributed by atoms with E-state index in [9.17, 15) is 0 Å². The molecule has 0 bridgehead atoms. The van der Waals surface area contributed by atoms with Crippen molar-refractivity contribution in [1.82, 2.24) is 15.5 Å². The number of halogens is 1. The molecule has 0 radical (unpaired) electrons. The molecule has 90 valence electrons. The van der Waals surface area contributed by atoms with Crippen molar-refractivity contribution in [2.75, 3.05) is 13.6 Å². The van der Waals surface area contributed by atoms with Gasteiger partial charge in [-0.15, -0.1) is 0 Å². The summed E-state index contributed by atoms with van der Waals surface area (Å²) in [5, 5.41) is 7.68. The molecule has 0 aliphatic heterocycles. The largest absolute Gasteiger partial charge is 0.334 e. The van der Waals surface area contributed by atoms with Crippen LogP contribution in [0.4, 0.5) is 0 Å². The van der Waals surface area contributed by atoms with Crippen molar-refractivity contribution in [3.63, 3.8) is 0 Å². The first-order valence-electron chi connectivity index (χ1n) is 5.45. The molecule has 2 aromatic rings. The molecule has 0 unspecified atom stereocenters. The second-order valence-electron chi connectivity index (χ2n) is 3.78. The fraction of sp³-hybridized carbons (Fsp3) is 0.333. The van der Waals surface area contributed by atoms with Crippen molar-refractivity contribution < 1.29 is 4.52 Å². The summed E-state index contributed by atoms with van der Waals surface area (Å²) < 4.78 is 5.24. The summed E-state index contributed by atoms with van der Waals surface area (Å²) in [5.41, 5.74) is 1.85. The van der Waals surface area contributed by atoms with Crippen molar-refractivity contribution in [2.45, 2.75) is 13.3 Å². The third-order valence-corrected chi connectivity index (χ3v) is 2.97. The van der Waals surface area contributed by atoms with Crippen LogP contribution in [0.2, 0.25) is 5.02 Å². The zero-order valence-corrected chi connectivity index (χ0v) is 10.6. The van der Waals surface area contributed by atoms with Gasteiger partial charge in [-0.25, -0.2) is 0 Å². The number of nitrogens with zero attached hydrogens (tertiary/aromatic N) is 2. The molecule has 1 aromatic carbocycles. The van der Waals surface area contributed by atoms with Gasteiger partial charge in [-0.3, -0.25) is 0 Å². The van der Waals surface area contributed by atoms with Gasteiger partial charge in [0.2, 0.25) is 0 Å². The Balaban J connectivity index is 2.27. The highest BCUT2D eigenvalue weighted by atomic mass is 35.5. The van der Waals surface area contributed by atoms with Gasteiger partial charge < -0.3 is 9.84 Å². The summed E-state index contributed by atoms with van der Waals surface area (Å²) in [6.07, 6.45) is 0.750. The monoisotopic (exact) mass is 251 g/mol. The van der Waals surface area contributed by atoms with Gasteiger partial charge in [0.1, 0.15) is 0 Å². The van der Waals surface area contributed by atoms with Crippen LogP contribution in [-0.4, -0.2) is 23.7 Å². The molecule has 0 atom stereocenters. The number of hydrogen-bond acceptors (Lipinski definition) is 4. The smallest absolute Gasteiger partial charge is 0.258 e. The Hall–Kier alpha value is -1.39. The number of nitrogens with one attached hydrogen (secondary N) is 1. The van der Waals surface area contributed by atoms with Gasteiger partial charge in [0.15, 0.2) is 5.82 Å². The number of aromatic nitrogens is 2. The van der Waals surface area contributed by atoms with E-state index >= 15 is 0 Å². The van der Waals surface area contributed by atoms with Crippen LogP contribution in [0.5, 0.6) is 0 Å². The summed E-state index contributed by atoms with van der Waals surface area (Å²) in [6, 6.07) is 5.65. The molecular weight excluding hydrogens is 238 g/mol. The molecule has 1 heterocycles. The molecule has 0 fully saturated rings. The Kier molecular flexibility index (Phi) is 3.76. The Bertz CT molecular complexity index is 510. The molecule has 0 spiro atoms. The van der Waals surface area contributed by atoms with Gasteiger partial charge in [-0.2, -0.15) is 4.98 Å². The van der Waals surface area contributed by atoms with Crippen molar-refractivity contribution in [3.05, 3.63) is 34.6 Å². The highest BCUT2D eigenvalue weighted by Crippen LogP contribution is 2.26. The molecule has 4 nitrogen and oxygen atoms in total. The molecule has 0 amide bonds. The van der Waals surface area contributed by atoms with Crippen LogP contribution in [0, 0.1) is 6.92 Å². The zero-order chi connectivity index (χ0) is 12.3. The topological polar surface area (TPSA) is 51.0 Å². The second kappa shape index (κ2) is 5.29. The Morgan fingerprint density at radius 3 is 3.00 bits per heavy atom. The van der Waals surface area contributed by atoms with E-state index in [1.54, 1.807) is 0 Å². The third-order valence-electron chi connectivity index (χ3n) is 2.56. The van der Waals surface area contributed by atoms with E-state index in [1.807, 2.05) is 32.2 Å². The summed E-state index contributed by atoms with van der Waals surface area (Å²) >= 11 is 6.05. The molecule has 1 N–H and O–H groups in total. The van der Waals surface area contributed by atoms with Crippen LogP contribution in [0.1, 0.15) is 11.4 Å². The van der Waals surface area contributed by atoms with Crippen molar-refractivity contribution >= 4 is 11.6 Å². The van der Waals surface area contributed by atoms with Gasteiger partial charge in [0, 0.05) is 23.6 Å². The highest BCUT2D eigenvalue weighted by molar-refractivity contribution is 6.31. The average Bonchev–Trinajstić information content (AvgIpc) is 2.78. The Labute approximate surface area is 105 Å². The molecule has 0 saturated heterocycles. The predicted molar refractivity (Wildman–Crippen MR) is 67.1 cm³/mol. The van der Waals surface area contributed by atoms with Gasteiger partial charge in [-0.1, -0.05) is 22.8 Å². The Morgan fingerprint density at radius 1 is 1.41 bits per heavy atom. The number of rotatable bonds is 4. The van der Waals surface area contributed by atoms with Gasteiger partial charge in [-0.05, 0) is 31.7 Å². The average molecular weight is 252 g/mol. The lowest BCUT2D eigenvalue weighted by atomic mass is 10.1. The maximum Gasteiger partial charge on any atom is 0.258 e. The summed E-state index contributed by atoms with van der Waals surface area (Å²) in [7, 11) is 1.89. The normalized spacial score (nSPS) is 10.8. The molecule has 0 saturated carbocycles. The van der Waals surface area contributed by atoms with Crippen LogP contribution >= 0.6 is 11.6 Å². The molecule has 0 aliphatic carbocycles. The first-order valence-corrected chi connectivity index (χ1v) is 5.83. The lowest BCUT2D eigenvalue weighted by Crippen LogP contribution is -2.11. The van der Waals surface area contributed by atoms with Gasteiger partial charge in [0.05, 0.1) is 0 Å². The third kappa shape index (κ3) is 2.65. The summed E-state index contributed by atoms with van der Waals surface area (Å²) in [5.74, 6) is 1.23. The maximum absolute atomic E-state index is 6.05. The minimum absolute atomic E-state index is 0.524. The molecule has 0 aliphatic rings. The standard InChI is InChI=1S/C12H14ClN3O/c1-8-9(4-3-5-10(8)13)12-15-11(16-17-12)6-7-14-2/h3-5,14H,6-7H2,1-2H3. The summed E-state index contributed by atoms with van der Waals surface area (Å²) in [4.78, 5) is 4.34. The first-order chi connectivity index (χ1) is 8.22. The number of hydrogen-bond donors (Lipinski definition) is 1. The molecule has 1 aromatic heterocycles. The molecular formula is C12H14ClN3O. The number of likely N-dealkylation sites (N-methyl/N-ethyl adjacent to an activating group) is 1. The van der Waals surface area contributed by atoms with E-state index in [4.69, 9.17) is 16.1 Å². The lowest BCUT2D eigenvalue weighted by molar-refractivity contribution is 0.422. The number of benzene rings is 1. The minimum atomic E-state index is 0.524. The van der Waals surface area contributed by atoms with Crippen LogP contribution in [-0.2, 0) is 6.42 Å². The first kappa shape index (κ1) is 12.1. The van der Waals surface area contributed by atoms with E-state index in [1.165, 1.54) is 0 Å². The Morgan fingerprint density at radius 2 is 2.24 bits per heavy atom.